The largest absolute Gasteiger partial charge is 0.480 e. The van der Waals surface area contributed by atoms with Crippen molar-refractivity contribution in [3.8, 4) is 17.0 Å². The fraction of sp³-hybridized carbons (Fsp3) is 0.286. The van der Waals surface area contributed by atoms with Gasteiger partial charge in [-0.25, -0.2) is 13.8 Å². The van der Waals surface area contributed by atoms with Crippen LogP contribution >= 0.6 is 11.6 Å². The number of ether oxygens (including phenoxy) is 1. The number of hydrogen-bond donors (Lipinski definition) is 3. The molecule has 2 aromatic heterocycles. The highest BCUT2D eigenvalue weighted by atomic mass is 35.5. The van der Waals surface area contributed by atoms with Crippen LogP contribution in [0.4, 0.5) is 27.6 Å². The number of hydrogen-bond acceptors (Lipinski definition) is 5. The van der Waals surface area contributed by atoms with E-state index < -0.39 is 52.9 Å². The Morgan fingerprint density at radius 3 is 2.44 bits per heavy atom. The van der Waals surface area contributed by atoms with E-state index >= 15 is 4.39 Å². The first-order valence-corrected chi connectivity index (χ1v) is 10.1. The third kappa shape index (κ3) is 5.28. The number of pyridine rings is 1. The summed E-state index contributed by atoms with van der Waals surface area (Å²) in [7, 11) is 0. The van der Waals surface area contributed by atoms with Gasteiger partial charge in [-0.05, 0) is 45.0 Å². The van der Waals surface area contributed by atoms with Gasteiger partial charge in [-0.1, -0.05) is 11.6 Å². The normalized spacial score (nSPS) is 13.5. The number of aromatic nitrogens is 3. The van der Waals surface area contributed by atoms with Gasteiger partial charge in [0.2, 0.25) is 0 Å². The number of aromatic amines is 1. The fourth-order valence-corrected chi connectivity index (χ4v) is 3.14. The van der Waals surface area contributed by atoms with Crippen LogP contribution < -0.4 is 10.1 Å². The van der Waals surface area contributed by atoms with Crippen molar-refractivity contribution in [2.45, 2.75) is 39.2 Å². The summed E-state index contributed by atoms with van der Waals surface area (Å²) >= 11 is 5.88. The van der Waals surface area contributed by atoms with Gasteiger partial charge in [0.05, 0.1) is 23.1 Å². The Morgan fingerprint density at radius 1 is 1.21 bits per heavy atom. The molecule has 0 spiro atoms. The average Bonchev–Trinajstić information content (AvgIpc) is 3.06. The molecule has 0 aliphatic carbocycles. The van der Waals surface area contributed by atoms with Crippen molar-refractivity contribution in [3.63, 3.8) is 0 Å². The molecular formula is C21H18ClF5N4O3. The van der Waals surface area contributed by atoms with Crippen molar-refractivity contribution in [1.82, 2.24) is 15.2 Å². The first-order valence-electron chi connectivity index (χ1n) is 9.73. The molecule has 34 heavy (non-hydrogen) atoms. The molecule has 0 saturated heterocycles. The zero-order valence-electron chi connectivity index (χ0n) is 17.9. The predicted molar refractivity (Wildman–Crippen MR) is 113 cm³/mol. The first-order chi connectivity index (χ1) is 15.8. The van der Waals surface area contributed by atoms with Crippen molar-refractivity contribution in [3.05, 3.63) is 58.0 Å². The Hall–Kier alpha value is -3.25. The fourth-order valence-electron chi connectivity index (χ4n) is 2.91. The van der Waals surface area contributed by atoms with Crippen molar-refractivity contribution in [1.29, 1.82) is 0 Å². The first kappa shape index (κ1) is 25.4. The molecule has 0 fully saturated rings. The Bertz CT molecular complexity index is 1210. The number of nitrogens with zero attached hydrogens (tertiary/aromatic N) is 2. The van der Waals surface area contributed by atoms with E-state index in [-0.39, 0.29) is 22.1 Å². The molecule has 2 atom stereocenters. The smallest absolute Gasteiger partial charge is 0.425 e. The number of alkyl halides is 3. The van der Waals surface area contributed by atoms with Crippen LogP contribution in [0, 0.1) is 18.6 Å². The molecular weight excluding hydrogens is 487 g/mol. The number of benzene rings is 1. The van der Waals surface area contributed by atoms with Crippen LogP contribution in [0.2, 0.25) is 5.15 Å². The highest BCUT2D eigenvalue weighted by Gasteiger charge is 2.39. The summed E-state index contributed by atoms with van der Waals surface area (Å²) in [6.45, 7) is 3.48. The number of aliphatic hydroxyl groups is 1. The zero-order valence-corrected chi connectivity index (χ0v) is 18.6. The predicted octanol–water partition coefficient (Wildman–Crippen LogP) is 5.35. The van der Waals surface area contributed by atoms with Crippen LogP contribution in [-0.4, -0.2) is 38.5 Å². The van der Waals surface area contributed by atoms with Gasteiger partial charge in [0.1, 0.15) is 28.8 Å². The summed E-state index contributed by atoms with van der Waals surface area (Å²) < 4.78 is 73.4. The van der Waals surface area contributed by atoms with Crippen LogP contribution in [0.25, 0.3) is 11.3 Å². The zero-order chi connectivity index (χ0) is 25.4. The maximum Gasteiger partial charge on any atom is 0.425 e. The van der Waals surface area contributed by atoms with Crippen LogP contribution in [0.5, 0.6) is 5.75 Å². The van der Waals surface area contributed by atoms with E-state index in [4.69, 9.17) is 16.3 Å². The molecule has 3 rings (SSSR count). The monoisotopic (exact) mass is 504 g/mol. The van der Waals surface area contributed by atoms with Gasteiger partial charge in [-0.15, -0.1) is 0 Å². The van der Waals surface area contributed by atoms with Gasteiger partial charge in [0, 0.05) is 5.56 Å². The number of anilines is 1. The van der Waals surface area contributed by atoms with Gasteiger partial charge >= 0.3 is 6.18 Å². The average molecular weight is 505 g/mol. The van der Waals surface area contributed by atoms with Gasteiger partial charge < -0.3 is 15.2 Å². The second kappa shape index (κ2) is 9.55. The van der Waals surface area contributed by atoms with Crippen molar-refractivity contribution >= 4 is 23.2 Å². The van der Waals surface area contributed by atoms with Crippen LogP contribution in [-0.2, 0) is 0 Å². The summed E-state index contributed by atoms with van der Waals surface area (Å²) in [5.41, 5.74) is -1.13. The van der Waals surface area contributed by atoms with Gasteiger partial charge in [-0.3, -0.25) is 9.89 Å². The van der Waals surface area contributed by atoms with E-state index in [1.54, 1.807) is 0 Å². The summed E-state index contributed by atoms with van der Waals surface area (Å²) in [6, 6.07) is 3.51. The molecule has 13 heteroatoms. The van der Waals surface area contributed by atoms with Crippen LogP contribution in [0.3, 0.4) is 0 Å². The summed E-state index contributed by atoms with van der Waals surface area (Å²) in [4.78, 5) is 16.7. The highest BCUT2D eigenvalue weighted by molar-refractivity contribution is 6.33. The van der Waals surface area contributed by atoms with Gasteiger partial charge in [-0.2, -0.15) is 18.3 Å². The van der Waals surface area contributed by atoms with Crippen LogP contribution in [0.15, 0.2) is 24.3 Å². The minimum absolute atomic E-state index is 0.0488. The van der Waals surface area contributed by atoms with E-state index in [0.717, 1.165) is 18.2 Å². The Kier molecular flexibility index (Phi) is 7.13. The molecule has 0 aliphatic heterocycles. The summed E-state index contributed by atoms with van der Waals surface area (Å²) in [5.74, 6) is -3.54. The SMILES string of the molecule is Cc1[nH]nc(Cl)c1NC(=O)c1cc(F)c(-c2ccc(F)c([C@@H](C)O)n2)cc1OC(C)C(F)(F)F. The van der Waals surface area contributed by atoms with E-state index in [1.165, 1.54) is 13.8 Å². The molecule has 0 bridgehead atoms. The number of rotatable bonds is 6. The molecule has 0 saturated carbocycles. The topological polar surface area (TPSA) is 100 Å². The van der Waals surface area contributed by atoms with E-state index in [2.05, 4.69) is 20.5 Å². The molecule has 0 aliphatic rings. The van der Waals surface area contributed by atoms with Crippen molar-refractivity contribution in [2.24, 2.45) is 0 Å². The lowest BCUT2D eigenvalue weighted by Gasteiger charge is -2.20. The number of nitrogens with one attached hydrogen (secondary N) is 2. The number of halogens is 6. The second-order valence-electron chi connectivity index (χ2n) is 7.34. The molecule has 182 valence electrons. The van der Waals surface area contributed by atoms with E-state index in [9.17, 15) is 27.5 Å². The summed E-state index contributed by atoms with van der Waals surface area (Å²) in [5, 5.41) is 18.1. The molecule has 7 nitrogen and oxygen atoms in total. The molecule has 3 aromatic rings. The maximum atomic E-state index is 15.0. The number of aryl methyl sites for hydroxylation is 1. The standard InChI is InChI=1S/C21H18ClF5N4O3/c1-8-17(19(22)31-30-8)29-20(33)12-6-14(24)11(7-16(12)34-10(3)21(25,26)27)15-5-4-13(23)18(28-15)9(2)32/h4-7,9-10,32H,1-3H3,(H,29,33)(H,30,31)/t9-,10?/m1/s1. The minimum Gasteiger partial charge on any atom is -0.480 e. The number of carbonyl (C=O) groups is 1. The molecule has 0 radical (unpaired) electrons. The molecule has 1 unspecified atom stereocenters. The third-order valence-corrected chi connectivity index (χ3v) is 5.04. The van der Waals surface area contributed by atoms with Crippen LogP contribution in [0.1, 0.15) is 41.7 Å². The van der Waals surface area contributed by atoms with Crippen molar-refractivity contribution in [2.75, 3.05) is 5.32 Å². The van der Waals surface area contributed by atoms with Gasteiger partial charge in [0.15, 0.2) is 11.3 Å². The van der Waals surface area contributed by atoms with E-state index in [0.29, 0.717) is 18.7 Å². The molecule has 1 amide bonds. The molecule has 1 aromatic carbocycles. The number of aliphatic hydroxyl groups excluding tert-OH is 1. The molecule has 3 N–H and O–H groups in total. The lowest BCUT2D eigenvalue weighted by atomic mass is 10.0. The van der Waals surface area contributed by atoms with Crippen molar-refractivity contribution < 1.29 is 36.6 Å². The number of amides is 1. The second-order valence-corrected chi connectivity index (χ2v) is 7.70. The highest BCUT2D eigenvalue weighted by Crippen LogP contribution is 2.34. The number of H-pyrrole nitrogens is 1. The quantitative estimate of drug-likeness (QED) is 0.393. The summed E-state index contributed by atoms with van der Waals surface area (Å²) in [6.07, 6.45) is -8.48. The Morgan fingerprint density at radius 2 is 1.88 bits per heavy atom. The molecule has 2 heterocycles. The lowest BCUT2D eigenvalue weighted by molar-refractivity contribution is -0.189. The van der Waals surface area contributed by atoms with Gasteiger partial charge in [0.25, 0.3) is 5.91 Å². The Labute approximate surface area is 194 Å². The third-order valence-electron chi connectivity index (χ3n) is 4.76. The number of carbonyl (C=O) groups excluding carboxylic acids is 1. The Balaban J connectivity index is 2.12. The van der Waals surface area contributed by atoms with E-state index in [1.807, 2.05) is 0 Å². The minimum atomic E-state index is -4.79. The maximum absolute atomic E-state index is 15.0. The lowest BCUT2D eigenvalue weighted by Crippen LogP contribution is -2.32.